The highest BCUT2D eigenvalue weighted by Crippen LogP contribution is 2.31. The van der Waals surface area contributed by atoms with Crippen LogP contribution in [0.3, 0.4) is 0 Å². The molecule has 1 atom stereocenters. The number of aliphatic hydroxyl groups is 1. The quantitative estimate of drug-likeness (QED) is 0.653. The van der Waals surface area contributed by atoms with E-state index < -0.39 is 5.54 Å². The molecule has 3 N–H and O–H groups in total. The second-order valence-electron chi connectivity index (χ2n) is 8.50. The number of likely N-dealkylation sites (N-methyl/N-ethyl adjacent to an activating group) is 1. The molecule has 0 spiro atoms. The van der Waals surface area contributed by atoms with Crippen molar-refractivity contribution in [3.8, 4) is 0 Å². The number of likely N-dealkylation sites (tertiary alicyclic amines) is 2. The zero-order valence-electron chi connectivity index (χ0n) is 16.4. The fourth-order valence-electron chi connectivity index (χ4n) is 4.83. The van der Waals surface area contributed by atoms with Crippen LogP contribution in [0, 0.1) is 0 Å². The van der Waals surface area contributed by atoms with Crippen molar-refractivity contribution >= 4 is 5.91 Å². The molecule has 26 heavy (non-hydrogen) atoms. The summed E-state index contributed by atoms with van der Waals surface area (Å²) in [6.07, 6.45) is 4.86. The van der Waals surface area contributed by atoms with Crippen LogP contribution < -0.4 is 5.73 Å². The van der Waals surface area contributed by atoms with E-state index >= 15 is 0 Å². The normalized spacial score (nSPS) is 28.1. The van der Waals surface area contributed by atoms with Crippen LogP contribution in [0.5, 0.6) is 0 Å². The number of primary amides is 1. The van der Waals surface area contributed by atoms with Crippen LogP contribution in [0.4, 0.5) is 0 Å². The van der Waals surface area contributed by atoms with E-state index in [4.69, 9.17) is 5.73 Å². The Balaban J connectivity index is 1.46. The molecule has 3 heterocycles. The van der Waals surface area contributed by atoms with Crippen molar-refractivity contribution in [1.29, 1.82) is 0 Å². The highest BCUT2D eigenvalue weighted by Gasteiger charge is 2.45. The molecule has 3 saturated heterocycles. The van der Waals surface area contributed by atoms with E-state index in [1.165, 1.54) is 19.3 Å². The minimum atomic E-state index is -0.459. The predicted octanol–water partition coefficient (Wildman–Crippen LogP) is -0.599. The summed E-state index contributed by atoms with van der Waals surface area (Å²) in [6.45, 7) is 9.35. The lowest BCUT2D eigenvalue weighted by atomic mass is 9.83. The molecule has 0 saturated carbocycles. The van der Waals surface area contributed by atoms with Crippen molar-refractivity contribution in [3.63, 3.8) is 0 Å². The maximum atomic E-state index is 12.3. The molecule has 3 aliphatic heterocycles. The van der Waals surface area contributed by atoms with Crippen LogP contribution in [0.25, 0.3) is 0 Å². The van der Waals surface area contributed by atoms with Crippen molar-refractivity contribution in [3.05, 3.63) is 0 Å². The third-order valence-corrected chi connectivity index (χ3v) is 6.64. The second-order valence-corrected chi connectivity index (χ2v) is 8.50. The maximum Gasteiger partial charge on any atom is 0.238 e. The fourth-order valence-corrected chi connectivity index (χ4v) is 4.83. The summed E-state index contributed by atoms with van der Waals surface area (Å²) < 4.78 is 0. The van der Waals surface area contributed by atoms with E-state index in [-0.39, 0.29) is 12.0 Å². The zero-order chi connectivity index (χ0) is 18.6. The summed E-state index contributed by atoms with van der Waals surface area (Å²) in [6, 6.07) is 0. The number of rotatable bonds is 6. The number of carbonyl (C=O) groups excluding carboxylic acids is 1. The van der Waals surface area contributed by atoms with E-state index in [0.29, 0.717) is 6.54 Å². The van der Waals surface area contributed by atoms with Crippen molar-refractivity contribution < 1.29 is 9.90 Å². The van der Waals surface area contributed by atoms with E-state index in [2.05, 4.69) is 26.6 Å². The van der Waals surface area contributed by atoms with Gasteiger partial charge in [0.25, 0.3) is 0 Å². The first-order chi connectivity index (χ1) is 12.5. The van der Waals surface area contributed by atoms with Crippen LogP contribution in [0.1, 0.15) is 32.1 Å². The van der Waals surface area contributed by atoms with Gasteiger partial charge in [-0.3, -0.25) is 14.6 Å². The number of hydrogen-bond donors (Lipinski definition) is 2. The third-order valence-electron chi connectivity index (χ3n) is 6.64. The lowest BCUT2D eigenvalue weighted by Gasteiger charge is -2.48. The molecule has 7 heteroatoms. The summed E-state index contributed by atoms with van der Waals surface area (Å²) in [5.74, 6) is -0.156. The number of piperazine rings is 1. The maximum absolute atomic E-state index is 12.3. The van der Waals surface area contributed by atoms with Crippen molar-refractivity contribution in [2.75, 3.05) is 72.5 Å². The minimum Gasteiger partial charge on any atom is -0.390 e. The average molecular weight is 368 g/mol. The molecule has 1 unspecified atom stereocenters. The van der Waals surface area contributed by atoms with Gasteiger partial charge >= 0.3 is 0 Å². The Morgan fingerprint density at radius 3 is 2.00 bits per heavy atom. The number of carbonyl (C=O) groups is 1. The number of aliphatic hydroxyl groups excluding tert-OH is 1. The average Bonchev–Trinajstić information content (AvgIpc) is 2.65. The van der Waals surface area contributed by atoms with E-state index in [9.17, 15) is 9.90 Å². The Kier molecular flexibility index (Phi) is 6.91. The summed E-state index contributed by atoms with van der Waals surface area (Å²) in [4.78, 5) is 21.6. The number of nitrogens with two attached hydrogens (primary N) is 1. The molecule has 7 nitrogen and oxygen atoms in total. The van der Waals surface area contributed by atoms with Crippen LogP contribution in [0.2, 0.25) is 0 Å². The molecule has 0 aromatic heterocycles. The van der Waals surface area contributed by atoms with Crippen LogP contribution >= 0.6 is 0 Å². The van der Waals surface area contributed by atoms with Gasteiger partial charge in [0.1, 0.15) is 5.54 Å². The second kappa shape index (κ2) is 8.97. The third kappa shape index (κ3) is 4.75. The summed E-state index contributed by atoms with van der Waals surface area (Å²) in [5.41, 5.74) is 5.40. The number of nitrogens with zero attached hydrogens (tertiary/aromatic N) is 4. The molecule has 3 fully saturated rings. The van der Waals surface area contributed by atoms with Gasteiger partial charge in [-0.05, 0) is 45.8 Å². The molecular weight excluding hydrogens is 330 g/mol. The highest BCUT2D eigenvalue weighted by molar-refractivity contribution is 5.84. The molecule has 3 rings (SSSR count). The lowest BCUT2D eigenvalue weighted by Crippen LogP contribution is -2.63. The molecule has 0 aromatic rings. The molecule has 0 bridgehead atoms. The van der Waals surface area contributed by atoms with Crippen LogP contribution in [-0.4, -0.2) is 115 Å². The van der Waals surface area contributed by atoms with Crippen molar-refractivity contribution in [2.24, 2.45) is 5.73 Å². The monoisotopic (exact) mass is 367 g/mol. The van der Waals surface area contributed by atoms with E-state index in [1.54, 1.807) is 0 Å². The molecule has 3 aliphatic rings. The van der Waals surface area contributed by atoms with Crippen molar-refractivity contribution in [1.82, 2.24) is 19.6 Å². The van der Waals surface area contributed by atoms with Gasteiger partial charge in [0.15, 0.2) is 0 Å². The van der Waals surface area contributed by atoms with Gasteiger partial charge in [0, 0.05) is 52.4 Å². The summed E-state index contributed by atoms with van der Waals surface area (Å²) >= 11 is 0. The predicted molar refractivity (Wildman–Crippen MR) is 103 cm³/mol. The van der Waals surface area contributed by atoms with E-state index in [0.717, 1.165) is 71.7 Å². The van der Waals surface area contributed by atoms with Gasteiger partial charge < -0.3 is 20.6 Å². The van der Waals surface area contributed by atoms with Gasteiger partial charge in [-0.1, -0.05) is 6.42 Å². The van der Waals surface area contributed by atoms with Crippen LogP contribution in [-0.2, 0) is 4.79 Å². The Hall–Kier alpha value is -0.730. The van der Waals surface area contributed by atoms with E-state index in [1.807, 2.05) is 0 Å². The molecular formula is C19H37N5O2. The topological polar surface area (TPSA) is 76.3 Å². The Bertz CT molecular complexity index is 453. The fraction of sp³-hybridized carbons (Fsp3) is 0.947. The Labute approximate surface area is 158 Å². The first-order valence-corrected chi connectivity index (χ1v) is 10.4. The molecule has 0 aliphatic carbocycles. The Morgan fingerprint density at radius 1 is 0.923 bits per heavy atom. The number of amides is 1. The number of hydrogen-bond acceptors (Lipinski definition) is 6. The van der Waals surface area contributed by atoms with Gasteiger partial charge in [0.2, 0.25) is 5.91 Å². The minimum absolute atomic E-state index is 0.156. The largest absolute Gasteiger partial charge is 0.390 e. The van der Waals surface area contributed by atoms with Crippen LogP contribution in [0.15, 0.2) is 0 Å². The molecule has 150 valence electrons. The summed E-state index contributed by atoms with van der Waals surface area (Å²) in [5, 5.41) is 10.5. The SMILES string of the molecule is CN1CCN(CC(O)CN2CCC(C(N)=O)(N3CCCCC3)CC2)CC1. The lowest BCUT2D eigenvalue weighted by molar-refractivity contribution is -0.135. The van der Waals surface area contributed by atoms with Gasteiger partial charge in [-0.15, -0.1) is 0 Å². The Morgan fingerprint density at radius 2 is 1.46 bits per heavy atom. The summed E-state index contributed by atoms with van der Waals surface area (Å²) in [7, 11) is 2.15. The first kappa shape index (κ1) is 20.0. The zero-order valence-corrected chi connectivity index (χ0v) is 16.4. The molecule has 0 radical (unpaired) electrons. The molecule has 1 amide bonds. The number of piperidine rings is 2. The standard InChI is InChI=1S/C19H37N5O2/c1-21-11-13-23(14-12-21)16-17(25)15-22-9-5-19(6-10-22,18(20)26)24-7-3-2-4-8-24/h17,25H,2-16H2,1H3,(H2,20,26). The van der Waals surface area contributed by atoms with Crippen molar-refractivity contribution in [2.45, 2.75) is 43.7 Å². The van der Waals surface area contributed by atoms with Gasteiger partial charge in [0.05, 0.1) is 6.10 Å². The number of β-amino-alcohol motifs (C(OH)–C–C–N with tert-alkyl or cyclic N) is 1. The molecule has 0 aromatic carbocycles. The van der Waals surface area contributed by atoms with Gasteiger partial charge in [-0.2, -0.15) is 0 Å². The first-order valence-electron chi connectivity index (χ1n) is 10.4. The smallest absolute Gasteiger partial charge is 0.238 e. The van der Waals surface area contributed by atoms with Gasteiger partial charge in [-0.25, -0.2) is 0 Å². The highest BCUT2D eigenvalue weighted by atomic mass is 16.3.